The number of furan rings is 1. The third kappa shape index (κ3) is 4.13. The Morgan fingerprint density at radius 3 is 2.33 bits per heavy atom. The van der Waals surface area contributed by atoms with Gasteiger partial charge in [0.1, 0.15) is 17.6 Å². The van der Waals surface area contributed by atoms with Crippen molar-refractivity contribution in [2.45, 2.75) is 12.5 Å². The van der Waals surface area contributed by atoms with Crippen molar-refractivity contribution >= 4 is 17.8 Å². The van der Waals surface area contributed by atoms with Crippen LogP contribution in [-0.4, -0.2) is 41.2 Å². The predicted octanol–water partition coefficient (Wildman–Crippen LogP) is 1.61. The van der Waals surface area contributed by atoms with Crippen LogP contribution in [0.2, 0.25) is 0 Å². The van der Waals surface area contributed by atoms with Gasteiger partial charge in [-0.05, 0) is 36.4 Å². The van der Waals surface area contributed by atoms with Gasteiger partial charge in [-0.1, -0.05) is 0 Å². The summed E-state index contributed by atoms with van der Waals surface area (Å²) in [5, 5.41) is 19.7. The van der Waals surface area contributed by atoms with E-state index in [9.17, 15) is 14.4 Å². The van der Waals surface area contributed by atoms with Gasteiger partial charge in [0.05, 0.1) is 13.5 Å². The van der Waals surface area contributed by atoms with Gasteiger partial charge < -0.3 is 24.7 Å². The number of rotatable bonds is 7. The fraction of sp³-hybridized carbons (Fsp3) is 0.188. The summed E-state index contributed by atoms with van der Waals surface area (Å²) < 4.78 is 10.4. The summed E-state index contributed by atoms with van der Waals surface area (Å²) in [5.74, 6) is -2.61. The van der Waals surface area contributed by atoms with Crippen LogP contribution in [0.4, 0.5) is 0 Å². The largest absolute Gasteiger partial charge is 0.497 e. The van der Waals surface area contributed by atoms with Gasteiger partial charge in [0.2, 0.25) is 0 Å². The first-order valence-electron chi connectivity index (χ1n) is 6.90. The fourth-order valence-electron chi connectivity index (χ4n) is 1.97. The third-order valence-corrected chi connectivity index (χ3v) is 3.19. The molecule has 8 nitrogen and oxygen atoms in total. The van der Waals surface area contributed by atoms with Gasteiger partial charge in [-0.25, -0.2) is 4.79 Å². The van der Waals surface area contributed by atoms with E-state index in [1.54, 1.807) is 37.4 Å². The summed E-state index contributed by atoms with van der Waals surface area (Å²) >= 11 is 0. The first kappa shape index (κ1) is 17.1. The number of amides is 1. The van der Waals surface area contributed by atoms with Crippen LogP contribution >= 0.6 is 0 Å². The molecule has 0 spiro atoms. The number of benzene rings is 1. The molecule has 3 N–H and O–H groups in total. The van der Waals surface area contributed by atoms with E-state index in [4.69, 9.17) is 19.4 Å². The van der Waals surface area contributed by atoms with Crippen LogP contribution in [0, 0.1) is 0 Å². The summed E-state index contributed by atoms with van der Waals surface area (Å²) in [5.41, 5.74) is 0.704. The van der Waals surface area contributed by atoms with E-state index in [1.807, 2.05) is 0 Å². The van der Waals surface area contributed by atoms with Gasteiger partial charge in [-0.15, -0.1) is 0 Å². The topological polar surface area (TPSA) is 126 Å². The van der Waals surface area contributed by atoms with Crippen molar-refractivity contribution in [2.75, 3.05) is 7.11 Å². The molecule has 2 aromatic rings. The number of carboxylic acid groups (broad SMARTS) is 2. The molecular formula is C16H15NO7. The quantitative estimate of drug-likeness (QED) is 0.702. The number of carboxylic acids is 2. The maximum atomic E-state index is 12.0. The Balaban J connectivity index is 2.12. The molecule has 0 saturated heterocycles. The lowest BCUT2D eigenvalue weighted by Crippen LogP contribution is -2.42. The smallest absolute Gasteiger partial charge is 0.326 e. The van der Waals surface area contributed by atoms with Crippen molar-refractivity contribution in [1.82, 2.24) is 5.32 Å². The highest BCUT2D eigenvalue weighted by Gasteiger charge is 2.25. The molecule has 1 heterocycles. The van der Waals surface area contributed by atoms with Crippen LogP contribution in [-0.2, 0) is 9.59 Å². The average Bonchev–Trinajstić information content (AvgIpc) is 3.04. The molecule has 0 aliphatic heterocycles. The van der Waals surface area contributed by atoms with Gasteiger partial charge in [-0.3, -0.25) is 9.59 Å². The second-order valence-electron chi connectivity index (χ2n) is 4.85. The average molecular weight is 333 g/mol. The molecule has 0 aliphatic carbocycles. The Kier molecular flexibility index (Phi) is 5.20. The molecule has 0 bridgehead atoms. The van der Waals surface area contributed by atoms with E-state index in [2.05, 4.69) is 5.32 Å². The highest BCUT2D eigenvalue weighted by atomic mass is 16.5. The van der Waals surface area contributed by atoms with Crippen molar-refractivity contribution in [3.63, 3.8) is 0 Å². The molecule has 2 rings (SSSR count). The monoisotopic (exact) mass is 333 g/mol. The van der Waals surface area contributed by atoms with E-state index in [0.29, 0.717) is 17.1 Å². The summed E-state index contributed by atoms with van der Waals surface area (Å²) in [4.78, 5) is 33.6. The molecule has 1 amide bonds. The number of hydrogen-bond donors (Lipinski definition) is 3. The molecule has 0 saturated carbocycles. The van der Waals surface area contributed by atoms with Gasteiger partial charge in [0.15, 0.2) is 5.76 Å². The molecule has 1 aromatic carbocycles. The fourth-order valence-corrected chi connectivity index (χ4v) is 1.97. The molecule has 126 valence electrons. The summed E-state index contributed by atoms with van der Waals surface area (Å²) in [6.45, 7) is 0. The Hall–Kier alpha value is -3.29. The first-order valence-corrected chi connectivity index (χ1v) is 6.90. The van der Waals surface area contributed by atoms with Crippen molar-refractivity contribution in [3.8, 4) is 17.1 Å². The summed E-state index contributed by atoms with van der Waals surface area (Å²) in [6, 6.07) is 8.34. The maximum absolute atomic E-state index is 12.0. The van der Waals surface area contributed by atoms with E-state index in [1.165, 1.54) is 6.07 Å². The number of nitrogens with one attached hydrogen (secondary N) is 1. The molecule has 0 radical (unpaired) electrons. The first-order chi connectivity index (χ1) is 11.4. The second kappa shape index (κ2) is 7.32. The molecule has 0 aliphatic rings. The zero-order chi connectivity index (χ0) is 17.7. The minimum absolute atomic E-state index is 0.113. The van der Waals surface area contributed by atoms with E-state index in [0.717, 1.165) is 0 Å². The van der Waals surface area contributed by atoms with Gasteiger partial charge in [0, 0.05) is 5.56 Å². The molecule has 8 heteroatoms. The van der Waals surface area contributed by atoms with Crippen molar-refractivity contribution in [2.24, 2.45) is 0 Å². The number of carbonyl (C=O) groups is 3. The van der Waals surface area contributed by atoms with Crippen LogP contribution in [0.15, 0.2) is 40.8 Å². The Morgan fingerprint density at radius 1 is 1.12 bits per heavy atom. The van der Waals surface area contributed by atoms with Crippen LogP contribution in [0.5, 0.6) is 5.75 Å². The molecule has 1 atom stereocenters. The zero-order valence-electron chi connectivity index (χ0n) is 12.7. The normalized spacial score (nSPS) is 11.5. The Bertz CT molecular complexity index is 748. The maximum Gasteiger partial charge on any atom is 0.326 e. The van der Waals surface area contributed by atoms with E-state index in [-0.39, 0.29) is 5.76 Å². The van der Waals surface area contributed by atoms with Crippen molar-refractivity contribution in [1.29, 1.82) is 0 Å². The van der Waals surface area contributed by atoms with Crippen LogP contribution in [0.25, 0.3) is 11.3 Å². The van der Waals surface area contributed by atoms with Crippen LogP contribution in [0.3, 0.4) is 0 Å². The van der Waals surface area contributed by atoms with Gasteiger partial charge in [0.25, 0.3) is 5.91 Å². The zero-order valence-corrected chi connectivity index (χ0v) is 12.7. The summed E-state index contributed by atoms with van der Waals surface area (Å²) in [6.07, 6.45) is -0.729. The SMILES string of the molecule is COc1ccc(-c2ccc(C(=O)N[C@@H](CC(=O)O)C(=O)O)o2)cc1. The van der Waals surface area contributed by atoms with E-state index < -0.39 is 30.3 Å². The van der Waals surface area contributed by atoms with E-state index >= 15 is 0 Å². The van der Waals surface area contributed by atoms with Gasteiger partial charge >= 0.3 is 11.9 Å². The third-order valence-electron chi connectivity index (χ3n) is 3.19. The minimum Gasteiger partial charge on any atom is -0.497 e. The molecule has 0 fully saturated rings. The highest BCUT2D eigenvalue weighted by Crippen LogP contribution is 2.24. The lowest BCUT2D eigenvalue weighted by atomic mass is 10.2. The van der Waals surface area contributed by atoms with Crippen molar-refractivity contribution < 1.29 is 33.8 Å². The molecule has 1 aromatic heterocycles. The minimum atomic E-state index is -1.54. The Morgan fingerprint density at radius 2 is 1.79 bits per heavy atom. The Labute approximate surface area is 136 Å². The summed E-state index contributed by atoms with van der Waals surface area (Å²) in [7, 11) is 1.54. The second-order valence-corrected chi connectivity index (χ2v) is 4.85. The predicted molar refractivity (Wildman–Crippen MR) is 81.8 cm³/mol. The number of hydrogen-bond acceptors (Lipinski definition) is 5. The number of methoxy groups -OCH3 is 1. The molecule has 0 unspecified atom stereocenters. The van der Waals surface area contributed by atoms with Gasteiger partial charge in [-0.2, -0.15) is 0 Å². The number of aliphatic carboxylic acids is 2. The lowest BCUT2D eigenvalue weighted by molar-refractivity contribution is -0.145. The molecule has 24 heavy (non-hydrogen) atoms. The highest BCUT2D eigenvalue weighted by molar-refractivity contribution is 5.95. The van der Waals surface area contributed by atoms with Crippen LogP contribution in [0.1, 0.15) is 17.0 Å². The standard InChI is InChI=1S/C16H15NO7/c1-23-10-4-2-9(3-5-10)12-6-7-13(24-12)15(20)17-11(16(21)22)8-14(18)19/h2-7,11H,8H2,1H3,(H,17,20)(H,18,19)(H,21,22)/t11-/m0/s1. The lowest BCUT2D eigenvalue weighted by Gasteiger charge is -2.10. The molecular weight excluding hydrogens is 318 g/mol. The van der Waals surface area contributed by atoms with Crippen molar-refractivity contribution in [3.05, 3.63) is 42.2 Å². The van der Waals surface area contributed by atoms with Crippen LogP contribution < -0.4 is 10.1 Å². The number of ether oxygens (including phenoxy) is 1. The number of carbonyl (C=O) groups excluding carboxylic acids is 1.